The minimum absolute atomic E-state index is 0.135. The molecule has 3 heterocycles. The van der Waals surface area contributed by atoms with Crippen molar-refractivity contribution in [2.45, 2.75) is 25.7 Å². The van der Waals surface area contributed by atoms with Gasteiger partial charge in [0.05, 0.1) is 5.92 Å². The minimum Gasteiger partial charge on any atom is -0.342 e. The summed E-state index contributed by atoms with van der Waals surface area (Å²) in [4.78, 5) is 22.1. The number of hydrogen-bond acceptors (Lipinski definition) is 5. The molecule has 1 atom stereocenters. The number of carbonyl (C=O) groups excluding carboxylic acids is 1. The van der Waals surface area contributed by atoms with E-state index in [-0.39, 0.29) is 11.8 Å². The summed E-state index contributed by atoms with van der Waals surface area (Å²) in [5.41, 5.74) is 0.696. The van der Waals surface area contributed by atoms with Gasteiger partial charge in [0.25, 0.3) is 0 Å². The SMILES string of the molecule is CCC(=O)N1CCC(c2nc(-c3ccccn3)no2)C1. The summed E-state index contributed by atoms with van der Waals surface area (Å²) in [5, 5.41) is 3.97. The van der Waals surface area contributed by atoms with E-state index in [1.165, 1.54) is 0 Å². The predicted octanol–water partition coefficient (Wildman–Crippen LogP) is 1.86. The Balaban J connectivity index is 1.74. The van der Waals surface area contributed by atoms with Gasteiger partial charge in [0.2, 0.25) is 17.6 Å². The molecule has 0 saturated carbocycles. The van der Waals surface area contributed by atoms with E-state index in [4.69, 9.17) is 4.52 Å². The molecule has 0 aliphatic carbocycles. The highest BCUT2D eigenvalue weighted by molar-refractivity contribution is 5.76. The highest BCUT2D eigenvalue weighted by Gasteiger charge is 2.30. The quantitative estimate of drug-likeness (QED) is 0.852. The maximum atomic E-state index is 11.7. The summed E-state index contributed by atoms with van der Waals surface area (Å²) >= 11 is 0. The summed E-state index contributed by atoms with van der Waals surface area (Å²) in [5.74, 6) is 1.41. The van der Waals surface area contributed by atoms with Gasteiger partial charge in [-0.1, -0.05) is 18.1 Å². The van der Waals surface area contributed by atoms with Gasteiger partial charge < -0.3 is 9.42 Å². The lowest BCUT2D eigenvalue weighted by Gasteiger charge is -2.13. The standard InChI is InChI=1S/C14H16N4O2/c1-2-12(19)18-8-6-10(9-18)14-16-13(17-20-14)11-5-3-4-7-15-11/h3-5,7,10H,2,6,8-9H2,1H3. The fourth-order valence-electron chi connectivity index (χ4n) is 2.41. The predicted molar refractivity (Wildman–Crippen MR) is 71.8 cm³/mol. The zero-order valence-electron chi connectivity index (χ0n) is 11.3. The van der Waals surface area contributed by atoms with Crippen LogP contribution in [0.5, 0.6) is 0 Å². The second kappa shape index (κ2) is 5.40. The molecule has 104 valence electrons. The number of likely N-dealkylation sites (tertiary alicyclic amines) is 1. The Bertz CT molecular complexity index is 596. The van der Waals surface area contributed by atoms with E-state index >= 15 is 0 Å². The van der Waals surface area contributed by atoms with E-state index in [1.807, 2.05) is 30.0 Å². The second-order valence-electron chi connectivity index (χ2n) is 4.85. The van der Waals surface area contributed by atoms with E-state index in [2.05, 4.69) is 15.1 Å². The van der Waals surface area contributed by atoms with Crippen LogP contribution in [0.15, 0.2) is 28.9 Å². The largest absolute Gasteiger partial charge is 0.342 e. The summed E-state index contributed by atoms with van der Waals surface area (Å²) in [6.07, 6.45) is 3.11. The third kappa shape index (κ3) is 2.41. The van der Waals surface area contributed by atoms with Gasteiger partial charge in [-0.05, 0) is 18.6 Å². The maximum absolute atomic E-state index is 11.7. The Kier molecular flexibility index (Phi) is 3.45. The lowest BCUT2D eigenvalue weighted by molar-refractivity contribution is -0.129. The van der Waals surface area contributed by atoms with Gasteiger partial charge in [0.15, 0.2) is 0 Å². The highest BCUT2D eigenvalue weighted by atomic mass is 16.5. The van der Waals surface area contributed by atoms with Gasteiger partial charge in [-0.2, -0.15) is 4.98 Å². The Hall–Kier alpha value is -2.24. The Morgan fingerprint density at radius 2 is 2.40 bits per heavy atom. The van der Waals surface area contributed by atoms with Crippen LogP contribution in [-0.4, -0.2) is 39.0 Å². The first-order chi connectivity index (χ1) is 9.78. The summed E-state index contributed by atoms with van der Waals surface area (Å²) in [6.45, 7) is 3.30. The smallest absolute Gasteiger partial charge is 0.231 e. The molecule has 1 aliphatic heterocycles. The molecule has 0 aromatic carbocycles. The summed E-state index contributed by atoms with van der Waals surface area (Å²) in [7, 11) is 0. The maximum Gasteiger partial charge on any atom is 0.231 e. The number of hydrogen-bond donors (Lipinski definition) is 0. The van der Waals surface area contributed by atoms with Gasteiger partial charge in [0, 0.05) is 25.7 Å². The van der Waals surface area contributed by atoms with Crippen molar-refractivity contribution in [3.63, 3.8) is 0 Å². The molecule has 0 radical (unpaired) electrons. The summed E-state index contributed by atoms with van der Waals surface area (Å²) < 4.78 is 5.33. The van der Waals surface area contributed by atoms with Gasteiger partial charge in [-0.15, -0.1) is 0 Å². The average Bonchev–Trinajstić information content (AvgIpc) is 3.16. The number of carbonyl (C=O) groups is 1. The van der Waals surface area contributed by atoms with Gasteiger partial charge in [0.1, 0.15) is 5.69 Å². The van der Waals surface area contributed by atoms with Crippen LogP contribution in [0.2, 0.25) is 0 Å². The van der Waals surface area contributed by atoms with Gasteiger partial charge in [-0.25, -0.2) is 0 Å². The number of rotatable bonds is 3. The molecule has 2 aromatic rings. The van der Waals surface area contributed by atoms with Crippen LogP contribution >= 0.6 is 0 Å². The van der Waals surface area contributed by atoms with Crippen molar-refractivity contribution in [3.05, 3.63) is 30.3 Å². The van der Waals surface area contributed by atoms with Crippen molar-refractivity contribution in [3.8, 4) is 11.5 Å². The van der Waals surface area contributed by atoms with E-state index in [1.54, 1.807) is 6.20 Å². The van der Waals surface area contributed by atoms with Crippen LogP contribution in [0.3, 0.4) is 0 Å². The molecule has 1 unspecified atom stereocenters. The van der Waals surface area contributed by atoms with Crippen molar-refractivity contribution >= 4 is 5.91 Å². The van der Waals surface area contributed by atoms with Crippen LogP contribution in [0.1, 0.15) is 31.6 Å². The molecule has 1 saturated heterocycles. The Morgan fingerprint density at radius 1 is 1.50 bits per heavy atom. The van der Waals surface area contributed by atoms with Gasteiger partial charge >= 0.3 is 0 Å². The van der Waals surface area contributed by atoms with Crippen molar-refractivity contribution in [2.75, 3.05) is 13.1 Å². The van der Waals surface area contributed by atoms with Crippen molar-refractivity contribution < 1.29 is 9.32 Å². The molecule has 0 N–H and O–H groups in total. The fraction of sp³-hybridized carbons (Fsp3) is 0.429. The van der Waals surface area contributed by atoms with Gasteiger partial charge in [-0.3, -0.25) is 9.78 Å². The molecule has 1 fully saturated rings. The number of pyridine rings is 1. The van der Waals surface area contributed by atoms with Crippen LogP contribution in [0.25, 0.3) is 11.5 Å². The number of amides is 1. The first-order valence-electron chi connectivity index (χ1n) is 6.80. The molecular weight excluding hydrogens is 256 g/mol. The second-order valence-corrected chi connectivity index (χ2v) is 4.85. The van der Waals surface area contributed by atoms with E-state index in [0.717, 1.165) is 13.0 Å². The Morgan fingerprint density at radius 3 is 3.15 bits per heavy atom. The zero-order chi connectivity index (χ0) is 13.9. The number of nitrogens with zero attached hydrogens (tertiary/aromatic N) is 4. The van der Waals surface area contributed by atoms with Crippen molar-refractivity contribution in [1.29, 1.82) is 0 Å². The molecule has 2 aromatic heterocycles. The van der Waals surface area contributed by atoms with Crippen LogP contribution in [0, 0.1) is 0 Å². The average molecular weight is 272 g/mol. The van der Waals surface area contributed by atoms with Crippen LogP contribution in [-0.2, 0) is 4.79 Å². The first kappa shape index (κ1) is 12.8. The highest BCUT2D eigenvalue weighted by Crippen LogP contribution is 2.27. The lowest BCUT2D eigenvalue weighted by atomic mass is 10.1. The normalized spacial score (nSPS) is 18.4. The Labute approximate surface area is 116 Å². The van der Waals surface area contributed by atoms with Crippen LogP contribution in [0.4, 0.5) is 0 Å². The summed E-state index contributed by atoms with van der Waals surface area (Å²) in [6, 6.07) is 5.57. The molecule has 1 aliphatic rings. The lowest BCUT2D eigenvalue weighted by Crippen LogP contribution is -2.27. The monoisotopic (exact) mass is 272 g/mol. The molecule has 3 rings (SSSR count). The molecule has 0 bridgehead atoms. The fourth-order valence-corrected chi connectivity index (χ4v) is 2.41. The van der Waals surface area contributed by atoms with E-state index < -0.39 is 0 Å². The first-order valence-corrected chi connectivity index (χ1v) is 6.80. The van der Waals surface area contributed by atoms with Crippen LogP contribution < -0.4 is 0 Å². The molecule has 20 heavy (non-hydrogen) atoms. The van der Waals surface area contributed by atoms with Crippen molar-refractivity contribution in [2.24, 2.45) is 0 Å². The minimum atomic E-state index is 0.135. The molecule has 6 heteroatoms. The molecule has 0 spiro atoms. The molecular formula is C14H16N4O2. The third-order valence-electron chi connectivity index (χ3n) is 3.53. The molecule has 6 nitrogen and oxygen atoms in total. The van der Waals surface area contributed by atoms with E-state index in [0.29, 0.717) is 30.4 Å². The zero-order valence-corrected chi connectivity index (χ0v) is 11.3. The van der Waals surface area contributed by atoms with Crippen molar-refractivity contribution in [1.82, 2.24) is 20.0 Å². The third-order valence-corrected chi connectivity index (χ3v) is 3.53. The van der Waals surface area contributed by atoms with E-state index in [9.17, 15) is 4.79 Å². The topological polar surface area (TPSA) is 72.1 Å². The molecule has 1 amide bonds. The number of aromatic nitrogens is 3.